The number of rotatable bonds is 7. The predicted molar refractivity (Wildman–Crippen MR) is 124 cm³/mol. The second-order valence-electron chi connectivity index (χ2n) is 9.17. The first-order valence-corrected chi connectivity index (χ1v) is 12.4. The van der Waals surface area contributed by atoms with Crippen molar-refractivity contribution >= 4 is 34.3 Å². The third kappa shape index (κ3) is 4.63. The third-order valence-electron chi connectivity index (χ3n) is 6.93. The number of aromatic nitrogens is 1. The molecule has 0 spiro atoms. The van der Waals surface area contributed by atoms with Crippen LogP contribution in [-0.4, -0.2) is 61.7 Å². The number of nitrogens with two attached hydrogens (primary N) is 1. The summed E-state index contributed by atoms with van der Waals surface area (Å²) in [4.78, 5) is 29.0. The maximum Gasteiger partial charge on any atom is 0.460 e. The number of nitro benzene ring substituents is 1. The molecule has 0 atom stereocenters. The summed E-state index contributed by atoms with van der Waals surface area (Å²) >= 11 is 0.941. The van der Waals surface area contributed by atoms with Gasteiger partial charge in [0, 0.05) is 41.9 Å². The number of non-ortho nitro benzene ring substituents is 1. The van der Waals surface area contributed by atoms with Crippen LogP contribution >= 0.6 is 11.8 Å². The number of hydrogen-bond acceptors (Lipinski definition) is 9. The SMILES string of the molecule is O=C(Nc1ncc(C(F)(F)C(F)(F)C(F)(F)F)cc1F)c1cc([N+](=O)[O-])ccc1SC1=N[NH2+]NN1C12CCN1CC2. The summed E-state index contributed by atoms with van der Waals surface area (Å²) in [6.45, 7) is 1.75. The third-order valence-corrected chi connectivity index (χ3v) is 7.97. The minimum Gasteiger partial charge on any atom is -0.304 e. The molecule has 2 fully saturated rings. The van der Waals surface area contributed by atoms with Gasteiger partial charge in [-0.25, -0.2) is 14.4 Å². The number of hydrazine groups is 1. The number of amides is 1. The fraction of sp³-hybridized carbons (Fsp3) is 0.381. The van der Waals surface area contributed by atoms with Crippen LogP contribution in [0, 0.1) is 15.9 Å². The van der Waals surface area contributed by atoms with Gasteiger partial charge < -0.3 is 5.32 Å². The molecule has 5 rings (SSSR count). The number of quaternary nitrogens is 1. The molecule has 0 saturated carbocycles. The van der Waals surface area contributed by atoms with Gasteiger partial charge in [0.2, 0.25) is 5.17 Å². The lowest BCUT2D eigenvalue weighted by Gasteiger charge is -2.63. The highest BCUT2D eigenvalue weighted by molar-refractivity contribution is 8.13. The minimum absolute atomic E-state index is 0.115. The molecule has 20 heteroatoms. The van der Waals surface area contributed by atoms with Gasteiger partial charge in [-0.1, -0.05) is 0 Å². The van der Waals surface area contributed by atoms with Crippen LogP contribution < -0.4 is 16.4 Å². The number of thioether (sulfide) groups is 1. The van der Waals surface area contributed by atoms with Crippen molar-refractivity contribution in [3.05, 3.63) is 57.5 Å². The van der Waals surface area contributed by atoms with E-state index in [9.17, 15) is 50.0 Å². The zero-order valence-electron chi connectivity index (χ0n) is 20.2. The number of nitro groups is 1. The minimum atomic E-state index is -6.66. The highest BCUT2D eigenvalue weighted by Crippen LogP contribution is 2.52. The molecule has 4 N–H and O–H groups in total. The van der Waals surface area contributed by atoms with Gasteiger partial charge in [0.15, 0.2) is 11.6 Å². The van der Waals surface area contributed by atoms with Crippen molar-refractivity contribution in [2.24, 2.45) is 5.10 Å². The van der Waals surface area contributed by atoms with E-state index < -0.39 is 51.7 Å². The molecule has 0 unspecified atom stereocenters. The Morgan fingerprint density at radius 3 is 2.37 bits per heavy atom. The molecule has 1 aromatic heterocycles. The average Bonchev–Trinajstić information content (AvgIpc) is 3.34. The van der Waals surface area contributed by atoms with E-state index in [-0.39, 0.29) is 28.4 Å². The van der Waals surface area contributed by atoms with Crippen molar-refractivity contribution in [2.75, 3.05) is 18.4 Å². The lowest BCUT2D eigenvalue weighted by Crippen LogP contribution is -2.92. The van der Waals surface area contributed by atoms with Gasteiger partial charge in [0.1, 0.15) is 5.66 Å². The summed E-state index contributed by atoms with van der Waals surface area (Å²) in [5, 5.41) is 19.6. The molecule has 2 saturated heterocycles. The molecule has 11 nitrogen and oxygen atoms in total. The normalized spacial score (nSPS) is 18.7. The Morgan fingerprint density at radius 1 is 1.15 bits per heavy atom. The highest BCUT2D eigenvalue weighted by Gasteiger charge is 2.73. The number of benzene rings is 1. The number of alkyl halides is 7. The first kappa shape index (κ1) is 28.9. The fourth-order valence-corrected chi connectivity index (χ4v) is 5.53. The van der Waals surface area contributed by atoms with Gasteiger partial charge >= 0.3 is 18.0 Å². The number of nitrogens with one attached hydrogen (secondary N) is 2. The maximum absolute atomic E-state index is 14.6. The van der Waals surface area contributed by atoms with Crippen LogP contribution in [-0.2, 0) is 5.92 Å². The van der Waals surface area contributed by atoms with Crippen molar-refractivity contribution in [3.8, 4) is 0 Å². The van der Waals surface area contributed by atoms with Crippen molar-refractivity contribution in [1.82, 2.24) is 20.4 Å². The van der Waals surface area contributed by atoms with Crippen LogP contribution in [0.4, 0.5) is 46.6 Å². The second-order valence-corrected chi connectivity index (χ2v) is 10.2. The Hall–Kier alpha value is -3.62. The second kappa shape index (κ2) is 9.74. The van der Waals surface area contributed by atoms with E-state index in [2.05, 4.69) is 20.5 Å². The summed E-state index contributed by atoms with van der Waals surface area (Å²) in [6.07, 6.45) is -5.14. The van der Waals surface area contributed by atoms with Gasteiger partial charge in [-0.3, -0.25) is 19.8 Å². The highest BCUT2D eigenvalue weighted by atomic mass is 32.2. The van der Waals surface area contributed by atoms with Crippen LogP contribution in [0.3, 0.4) is 0 Å². The average molecular weight is 613 g/mol. The molecular weight excluding hydrogens is 596 g/mol. The van der Waals surface area contributed by atoms with E-state index >= 15 is 0 Å². The zero-order chi connectivity index (χ0) is 30.0. The van der Waals surface area contributed by atoms with E-state index in [0.717, 1.165) is 49.8 Å². The van der Waals surface area contributed by atoms with Crippen LogP contribution in [0.2, 0.25) is 0 Å². The molecule has 3 aliphatic heterocycles. The van der Waals surface area contributed by atoms with E-state index in [0.29, 0.717) is 5.17 Å². The van der Waals surface area contributed by atoms with Gasteiger partial charge in [0.05, 0.1) is 10.5 Å². The zero-order valence-corrected chi connectivity index (χ0v) is 21.0. The number of pyridine rings is 1. The maximum atomic E-state index is 14.6. The van der Waals surface area contributed by atoms with Crippen molar-refractivity contribution in [1.29, 1.82) is 0 Å². The smallest absolute Gasteiger partial charge is 0.304 e. The summed E-state index contributed by atoms with van der Waals surface area (Å²) in [6, 6.07) is 2.88. The molecular formula is C21H17F8N8O3S+. The van der Waals surface area contributed by atoms with Gasteiger partial charge in [0.25, 0.3) is 11.6 Å². The number of fused-ring (bicyclic) bond motifs is 1. The van der Waals surface area contributed by atoms with Gasteiger partial charge in [-0.2, -0.15) is 30.7 Å². The van der Waals surface area contributed by atoms with Crippen molar-refractivity contribution in [2.45, 2.75) is 41.4 Å². The number of carbonyl (C=O) groups excluding carboxylic acids is 1. The monoisotopic (exact) mass is 613 g/mol. The largest absolute Gasteiger partial charge is 0.460 e. The van der Waals surface area contributed by atoms with Gasteiger partial charge in [-0.15, -0.1) is 5.53 Å². The molecule has 4 heterocycles. The molecule has 220 valence electrons. The number of carbonyl (C=O) groups is 1. The van der Waals surface area contributed by atoms with Crippen LogP contribution in [0.1, 0.15) is 28.8 Å². The molecule has 1 aromatic carbocycles. The first-order valence-electron chi connectivity index (χ1n) is 11.6. The number of piperidine rings is 1. The number of amidine groups is 1. The number of anilines is 1. The van der Waals surface area contributed by atoms with Crippen LogP contribution in [0.15, 0.2) is 40.5 Å². The Bertz CT molecular complexity index is 1450. The lowest BCUT2D eigenvalue weighted by atomic mass is 9.81. The van der Waals surface area contributed by atoms with Crippen molar-refractivity contribution in [3.63, 3.8) is 0 Å². The molecule has 0 radical (unpaired) electrons. The fourth-order valence-electron chi connectivity index (χ4n) is 4.51. The quantitative estimate of drug-likeness (QED) is 0.188. The van der Waals surface area contributed by atoms with E-state index in [1.165, 1.54) is 11.6 Å². The Labute approximate surface area is 228 Å². The Balaban J connectivity index is 1.40. The van der Waals surface area contributed by atoms with Crippen LogP contribution in [0.25, 0.3) is 0 Å². The number of hydrogen-bond donors (Lipinski definition) is 3. The van der Waals surface area contributed by atoms with E-state index in [1.54, 1.807) is 5.01 Å². The van der Waals surface area contributed by atoms with Crippen LogP contribution in [0.5, 0.6) is 0 Å². The number of halogens is 8. The Kier molecular flexibility index (Phi) is 6.86. The Morgan fingerprint density at radius 2 is 1.83 bits per heavy atom. The van der Waals surface area contributed by atoms with Crippen molar-refractivity contribution < 1.29 is 50.4 Å². The standard InChI is InChI=1S/C21H16F8N8O3S/c22-13-7-10(19(23,24)20(25,26)21(27,28)29)9-30-15(13)31-16(38)12-8-11(37(39)40)1-2-14(12)41-17-32-33-34-36(17)18-3-5-35(18)6-4-18/h1-2,7-9,33-34H,3-6H2,(H,30,31,38)/p+1. The summed E-state index contributed by atoms with van der Waals surface area (Å²) in [7, 11) is 0. The predicted octanol–water partition coefficient (Wildman–Crippen LogP) is 3.14. The topological polar surface area (TPSA) is 133 Å². The van der Waals surface area contributed by atoms with E-state index in [4.69, 9.17) is 0 Å². The number of nitrogens with zero attached hydrogens (tertiary/aromatic N) is 5. The van der Waals surface area contributed by atoms with E-state index in [1.807, 2.05) is 5.32 Å². The molecule has 0 bridgehead atoms. The summed E-state index contributed by atoms with van der Waals surface area (Å²) in [5.74, 6) is -16.6. The molecule has 2 aromatic rings. The van der Waals surface area contributed by atoms with Gasteiger partial charge in [-0.05, 0) is 47.4 Å². The molecule has 0 aliphatic carbocycles. The molecule has 1 amide bonds. The molecule has 41 heavy (non-hydrogen) atoms. The first-order chi connectivity index (χ1) is 19.1. The molecule has 3 aliphatic rings. The summed E-state index contributed by atoms with van der Waals surface area (Å²) in [5.41, 5.74) is 1.09. The lowest BCUT2D eigenvalue weighted by molar-refractivity contribution is -0.729. The summed E-state index contributed by atoms with van der Waals surface area (Å²) < 4.78 is 107.